The summed E-state index contributed by atoms with van der Waals surface area (Å²) < 4.78 is 5.62. The van der Waals surface area contributed by atoms with E-state index in [0.29, 0.717) is 0 Å². The molecule has 0 fully saturated rings. The van der Waals surface area contributed by atoms with Gasteiger partial charge in [0.25, 0.3) is 5.79 Å². The van der Waals surface area contributed by atoms with E-state index in [4.69, 9.17) is 4.74 Å². The number of ketones is 1. The number of rotatable bonds is 3. The molecule has 0 spiro atoms. The summed E-state index contributed by atoms with van der Waals surface area (Å²) in [7, 11) is 0. The van der Waals surface area contributed by atoms with Gasteiger partial charge in [0.2, 0.25) is 5.78 Å². The fourth-order valence-electron chi connectivity index (χ4n) is 3.26. The standard InChI is InChI=1S/C21H22O8/c1-9(2)4-6-12-16(24)10(3)18-15(17(12)25)19(26)21(27,28)20(29-18)11-5-7-13(22)14(23)8-11/h4-5,7-8,20,22-25,27-28H,6H2,1-3H3. The van der Waals surface area contributed by atoms with Crippen molar-refractivity contribution in [3.8, 4) is 28.7 Å². The van der Waals surface area contributed by atoms with Crippen molar-refractivity contribution in [1.29, 1.82) is 0 Å². The minimum atomic E-state index is -3.06. The first-order valence-electron chi connectivity index (χ1n) is 8.85. The van der Waals surface area contributed by atoms with Crippen LogP contribution in [0, 0.1) is 6.92 Å². The number of phenols is 4. The fourth-order valence-corrected chi connectivity index (χ4v) is 3.26. The Hall–Kier alpha value is -3.23. The van der Waals surface area contributed by atoms with Gasteiger partial charge in [-0.05, 0) is 39.3 Å². The van der Waals surface area contributed by atoms with Crippen LogP contribution < -0.4 is 4.74 Å². The molecular formula is C21H22O8. The summed E-state index contributed by atoms with van der Waals surface area (Å²) in [5.41, 5.74) is 0.688. The number of Topliss-reactive ketones (excluding diaryl/α,β-unsaturated/α-hetero) is 1. The highest BCUT2D eigenvalue weighted by molar-refractivity contribution is 6.08. The lowest BCUT2D eigenvalue weighted by Crippen LogP contribution is -2.50. The van der Waals surface area contributed by atoms with Gasteiger partial charge >= 0.3 is 0 Å². The Morgan fingerprint density at radius 1 is 1.10 bits per heavy atom. The molecular weight excluding hydrogens is 380 g/mol. The summed E-state index contributed by atoms with van der Waals surface area (Å²) in [5, 5.41) is 61.3. The molecule has 1 aliphatic rings. The lowest BCUT2D eigenvalue weighted by molar-refractivity contribution is -0.186. The Morgan fingerprint density at radius 2 is 1.76 bits per heavy atom. The van der Waals surface area contributed by atoms with Crippen LogP contribution in [0.1, 0.15) is 47.0 Å². The number of ether oxygens (including phenoxy) is 1. The Labute approximate surface area is 166 Å². The van der Waals surface area contributed by atoms with Gasteiger partial charge in [-0.25, -0.2) is 0 Å². The second kappa shape index (κ2) is 6.98. The van der Waals surface area contributed by atoms with Crippen LogP contribution in [0.3, 0.4) is 0 Å². The van der Waals surface area contributed by atoms with E-state index in [0.717, 1.165) is 17.7 Å². The first kappa shape index (κ1) is 20.5. The first-order chi connectivity index (χ1) is 13.5. The molecule has 1 atom stereocenters. The molecule has 29 heavy (non-hydrogen) atoms. The van der Waals surface area contributed by atoms with Crippen molar-refractivity contribution in [3.63, 3.8) is 0 Å². The fraction of sp³-hybridized carbons (Fsp3) is 0.286. The third-order valence-corrected chi connectivity index (χ3v) is 4.91. The Morgan fingerprint density at radius 3 is 2.34 bits per heavy atom. The van der Waals surface area contributed by atoms with E-state index in [1.807, 2.05) is 13.8 Å². The van der Waals surface area contributed by atoms with Crippen LogP contribution >= 0.6 is 0 Å². The molecule has 6 N–H and O–H groups in total. The van der Waals surface area contributed by atoms with Gasteiger partial charge < -0.3 is 35.4 Å². The predicted molar refractivity (Wildman–Crippen MR) is 102 cm³/mol. The van der Waals surface area contributed by atoms with Gasteiger partial charge in [-0.15, -0.1) is 0 Å². The van der Waals surface area contributed by atoms with Gasteiger partial charge in [0, 0.05) is 16.7 Å². The molecule has 3 rings (SSSR count). The summed E-state index contributed by atoms with van der Waals surface area (Å²) in [6.07, 6.45) is 0.192. The zero-order valence-corrected chi connectivity index (χ0v) is 16.1. The van der Waals surface area contributed by atoms with Crippen molar-refractivity contribution in [2.24, 2.45) is 0 Å². The molecule has 1 aliphatic heterocycles. The Kier molecular flexibility index (Phi) is 4.94. The molecule has 2 aromatic carbocycles. The molecule has 0 saturated heterocycles. The number of hydrogen-bond acceptors (Lipinski definition) is 8. The van der Waals surface area contributed by atoms with E-state index < -0.39 is 40.5 Å². The van der Waals surface area contributed by atoms with E-state index in [1.54, 1.807) is 6.08 Å². The number of fused-ring (bicyclic) bond motifs is 1. The lowest BCUT2D eigenvalue weighted by Gasteiger charge is -2.37. The van der Waals surface area contributed by atoms with Crippen LogP contribution in [0.15, 0.2) is 29.8 Å². The van der Waals surface area contributed by atoms with E-state index >= 15 is 0 Å². The minimum absolute atomic E-state index is 0.00343. The molecule has 8 heteroatoms. The highest BCUT2D eigenvalue weighted by Gasteiger charge is 2.52. The zero-order valence-electron chi connectivity index (χ0n) is 16.1. The van der Waals surface area contributed by atoms with Crippen LogP contribution in [0.4, 0.5) is 0 Å². The molecule has 0 aromatic heterocycles. The summed E-state index contributed by atoms with van der Waals surface area (Å²) in [5.74, 6) is -6.32. The van der Waals surface area contributed by atoms with Crippen LogP contribution in [0.2, 0.25) is 0 Å². The molecule has 0 bridgehead atoms. The average molecular weight is 402 g/mol. The lowest BCUT2D eigenvalue weighted by atomic mass is 9.86. The van der Waals surface area contributed by atoms with Gasteiger partial charge in [0.15, 0.2) is 17.6 Å². The summed E-state index contributed by atoms with van der Waals surface area (Å²) in [6.45, 7) is 5.13. The number of allylic oxidation sites excluding steroid dienone is 2. The largest absolute Gasteiger partial charge is 0.507 e. The SMILES string of the molecule is CC(C)=CCc1c(O)c(C)c2c(c1O)C(=O)C(O)(O)C(c1ccc(O)c(O)c1)O2. The first-order valence-corrected chi connectivity index (χ1v) is 8.85. The molecule has 1 heterocycles. The van der Waals surface area contributed by atoms with Gasteiger partial charge in [-0.1, -0.05) is 17.7 Å². The van der Waals surface area contributed by atoms with E-state index in [-0.39, 0.29) is 34.6 Å². The highest BCUT2D eigenvalue weighted by atomic mass is 16.6. The number of aromatic hydroxyl groups is 4. The second-order valence-corrected chi connectivity index (χ2v) is 7.29. The van der Waals surface area contributed by atoms with Gasteiger partial charge in [0.1, 0.15) is 22.8 Å². The maximum atomic E-state index is 12.9. The van der Waals surface area contributed by atoms with E-state index in [2.05, 4.69) is 0 Å². The summed E-state index contributed by atoms with van der Waals surface area (Å²) >= 11 is 0. The third kappa shape index (κ3) is 3.26. The van der Waals surface area contributed by atoms with E-state index in [9.17, 15) is 35.4 Å². The van der Waals surface area contributed by atoms with Crippen molar-refractivity contribution >= 4 is 5.78 Å². The van der Waals surface area contributed by atoms with Gasteiger partial charge in [-0.3, -0.25) is 4.79 Å². The average Bonchev–Trinajstić information content (AvgIpc) is 2.64. The number of benzene rings is 2. The summed E-state index contributed by atoms with van der Waals surface area (Å²) in [6, 6.07) is 3.38. The predicted octanol–water partition coefficient (Wildman–Crippen LogP) is 2.32. The highest BCUT2D eigenvalue weighted by Crippen LogP contribution is 2.50. The number of carbonyl (C=O) groups excluding carboxylic acids is 1. The van der Waals surface area contributed by atoms with E-state index in [1.165, 1.54) is 13.0 Å². The van der Waals surface area contributed by atoms with Crippen molar-refractivity contribution in [2.45, 2.75) is 39.1 Å². The molecule has 0 aliphatic carbocycles. The molecule has 1 unspecified atom stereocenters. The second-order valence-electron chi connectivity index (χ2n) is 7.29. The van der Waals surface area contributed by atoms with Gasteiger partial charge in [-0.2, -0.15) is 0 Å². The molecule has 2 aromatic rings. The van der Waals surface area contributed by atoms with Crippen molar-refractivity contribution in [3.05, 3.63) is 52.1 Å². The van der Waals surface area contributed by atoms with Crippen molar-refractivity contribution in [2.75, 3.05) is 0 Å². The number of phenolic OH excluding ortho intramolecular Hbond substituents is 4. The normalized spacial score (nSPS) is 17.4. The molecule has 8 nitrogen and oxygen atoms in total. The monoisotopic (exact) mass is 402 g/mol. The van der Waals surface area contributed by atoms with Gasteiger partial charge in [0.05, 0.1) is 0 Å². The molecule has 0 amide bonds. The molecule has 0 saturated carbocycles. The number of aliphatic hydroxyl groups is 2. The minimum Gasteiger partial charge on any atom is -0.507 e. The molecule has 0 radical (unpaired) electrons. The maximum Gasteiger partial charge on any atom is 0.271 e. The summed E-state index contributed by atoms with van der Waals surface area (Å²) in [4.78, 5) is 12.9. The molecule has 154 valence electrons. The maximum absolute atomic E-state index is 12.9. The quantitative estimate of drug-likeness (QED) is 0.260. The topological polar surface area (TPSA) is 148 Å². The number of hydrogen-bond donors (Lipinski definition) is 6. The Balaban J connectivity index is 2.20. The Bertz CT molecular complexity index is 1030. The van der Waals surface area contributed by atoms with Crippen LogP contribution in [0.25, 0.3) is 0 Å². The van der Waals surface area contributed by atoms with Crippen molar-refractivity contribution in [1.82, 2.24) is 0 Å². The zero-order chi connectivity index (χ0) is 21.7. The van der Waals surface area contributed by atoms with Crippen molar-refractivity contribution < 1.29 is 40.2 Å². The smallest absolute Gasteiger partial charge is 0.271 e. The third-order valence-electron chi connectivity index (χ3n) is 4.91. The number of carbonyl (C=O) groups is 1. The van der Waals surface area contributed by atoms with Crippen LogP contribution in [-0.2, 0) is 6.42 Å². The van der Waals surface area contributed by atoms with Crippen LogP contribution in [0.5, 0.6) is 28.7 Å². The van der Waals surface area contributed by atoms with Crippen LogP contribution in [-0.4, -0.2) is 42.2 Å².